The Kier molecular flexibility index (Phi) is 7.02. The van der Waals surface area contributed by atoms with E-state index >= 15 is 0 Å². The Morgan fingerprint density at radius 2 is 2.08 bits per heavy atom. The molecule has 3 aliphatic heterocycles. The Bertz CT molecular complexity index is 1540. The smallest absolute Gasteiger partial charge is 0.427 e. The molecule has 5 heterocycles. The number of hydrogen-bond acceptors (Lipinski definition) is 10. The zero-order valence-corrected chi connectivity index (χ0v) is 23.4. The Labute approximate surface area is 233 Å². The molecule has 2 unspecified atom stereocenters. The lowest BCUT2D eigenvalue weighted by molar-refractivity contribution is 0.0493. The summed E-state index contributed by atoms with van der Waals surface area (Å²) in [5.74, 6) is 0.337. The van der Waals surface area contributed by atoms with Crippen LogP contribution in [0.15, 0.2) is 32.9 Å². The lowest BCUT2D eigenvalue weighted by Gasteiger charge is -2.40. The second-order valence-corrected chi connectivity index (χ2v) is 13.6. The minimum atomic E-state index is -3.82. The van der Waals surface area contributed by atoms with Gasteiger partial charge in [-0.05, 0) is 43.5 Å². The van der Waals surface area contributed by atoms with Gasteiger partial charge in [-0.15, -0.1) is 16.8 Å². The average Bonchev–Trinajstić information content (AvgIpc) is 3.64. The van der Waals surface area contributed by atoms with Crippen LogP contribution in [0.5, 0.6) is 0 Å². The molecule has 2 amide bonds. The maximum absolute atomic E-state index is 13.7. The number of rotatable bonds is 6. The van der Waals surface area contributed by atoms with Gasteiger partial charge in [-0.1, -0.05) is 17.7 Å². The molecule has 6 rings (SSSR count). The molecule has 1 aromatic carbocycles. The summed E-state index contributed by atoms with van der Waals surface area (Å²) >= 11 is 7.27. The largest absolute Gasteiger partial charge is 0.436 e. The summed E-state index contributed by atoms with van der Waals surface area (Å²) < 4.78 is 35.6. The summed E-state index contributed by atoms with van der Waals surface area (Å²) in [5, 5.41) is 3.98. The number of piperazine rings is 1. The van der Waals surface area contributed by atoms with Crippen molar-refractivity contribution < 1.29 is 27.3 Å². The van der Waals surface area contributed by atoms with Crippen LogP contribution in [0.3, 0.4) is 0 Å². The van der Waals surface area contributed by atoms with Crippen LogP contribution in [-0.4, -0.2) is 84.9 Å². The second-order valence-electron chi connectivity index (χ2n) is 9.92. The minimum absolute atomic E-state index is 0.0219. The molecule has 0 aliphatic carbocycles. The molecular weight excluding hydrogens is 568 g/mol. The number of thiophene rings is 1. The van der Waals surface area contributed by atoms with E-state index in [2.05, 4.69) is 20.7 Å². The van der Waals surface area contributed by atoms with Crippen molar-refractivity contribution in [3.63, 3.8) is 0 Å². The van der Waals surface area contributed by atoms with E-state index in [1.807, 2.05) is 7.05 Å². The number of carbonyl (C=O) groups is 2. The lowest BCUT2D eigenvalue weighted by atomic mass is 10.1. The van der Waals surface area contributed by atoms with Crippen molar-refractivity contribution in [3.8, 4) is 0 Å². The first-order valence-corrected chi connectivity index (χ1v) is 15.2. The quantitative estimate of drug-likeness (QED) is 0.441. The number of nitrogens with one attached hydrogen (secondary N) is 2. The fourth-order valence-corrected chi connectivity index (χ4v) is 8.45. The van der Waals surface area contributed by atoms with E-state index in [0.29, 0.717) is 36.6 Å². The molecule has 3 aliphatic rings. The van der Waals surface area contributed by atoms with Crippen LogP contribution in [0, 0.1) is 0 Å². The first kappa shape index (κ1) is 26.5. The van der Waals surface area contributed by atoms with Crippen molar-refractivity contribution in [1.29, 1.82) is 0 Å². The first-order valence-electron chi connectivity index (χ1n) is 12.6. The molecule has 3 aromatic rings. The predicted molar refractivity (Wildman–Crippen MR) is 143 cm³/mol. The Morgan fingerprint density at radius 1 is 1.23 bits per heavy atom. The number of hydroxylamine groups is 1. The number of aromatic nitrogens is 1. The molecule has 39 heavy (non-hydrogen) atoms. The SMILES string of the molecule is CN1CCc2nc(C(=O)N3CCN(S(=O)(=O)c4cc5ccc(Cl)cc5s4)CC3CCC3NOC(=O)N3)oc2C1. The molecule has 0 spiro atoms. The molecule has 2 N–H and O–H groups in total. The van der Waals surface area contributed by atoms with Gasteiger partial charge in [-0.2, -0.15) is 4.31 Å². The van der Waals surface area contributed by atoms with Crippen LogP contribution >= 0.6 is 22.9 Å². The topological polar surface area (TPSA) is 137 Å². The number of sulfonamides is 1. The van der Waals surface area contributed by atoms with Crippen molar-refractivity contribution in [2.24, 2.45) is 0 Å². The molecule has 208 valence electrons. The minimum Gasteiger partial charge on any atom is -0.436 e. The van der Waals surface area contributed by atoms with E-state index in [-0.39, 0.29) is 35.6 Å². The fraction of sp³-hybridized carbons (Fsp3) is 0.458. The zero-order chi connectivity index (χ0) is 27.3. The third-order valence-corrected chi connectivity index (χ3v) is 10.9. The van der Waals surface area contributed by atoms with E-state index in [9.17, 15) is 18.0 Å². The third kappa shape index (κ3) is 5.24. The van der Waals surface area contributed by atoms with Gasteiger partial charge in [0.05, 0.1) is 12.2 Å². The third-order valence-electron chi connectivity index (χ3n) is 7.24. The molecule has 2 aromatic heterocycles. The highest BCUT2D eigenvalue weighted by molar-refractivity contribution is 7.91. The van der Waals surface area contributed by atoms with Gasteiger partial charge in [0.25, 0.3) is 15.9 Å². The monoisotopic (exact) mass is 594 g/mol. The molecular formula is C24H27ClN6O6S2. The maximum atomic E-state index is 13.7. The number of carbonyl (C=O) groups excluding carboxylic acids is 2. The summed E-state index contributed by atoms with van der Waals surface area (Å²) in [5.41, 5.74) is 3.39. The number of amides is 2. The molecule has 0 saturated carbocycles. The van der Waals surface area contributed by atoms with E-state index in [1.54, 1.807) is 29.2 Å². The Morgan fingerprint density at radius 3 is 2.87 bits per heavy atom. The van der Waals surface area contributed by atoms with Gasteiger partial charge in [0, 0.05) is 48.4 Å². The van der Waals surface area contributed by atoms with Crippen LogP contribution in [-0.2, 0) is 27.8 Å². The molecule has 2 atom stereocenters. The number of halogens is 1. The van der Waals surface area contributed by atoms with Crippen LogP contribution < -0.4 is 10.8 Å². The van der Waals surface area contributed by atoms with E-state index in [4.69, 9.17) is 20.9 Å². The van der Waals surface area contributed by atoms with Gasteiger partial charge in [-0.3, -0.25) is 9.69 Å². The molecule has 0 bridgehead atoms. The van der Waals surface area contributed by atoms with E-state index < -0.39 is 28.3 Å². The zero-order valence-electron chi connectivity index (χ0n) is 21.1. The molecule has 15 heteroatoms. The summed E-state index contributed by atoms with van der Waals surface area (Å²) in [6, 6.07) is 6.45. The van der Waals surface area contributed by atoms with Gasteiger partial charge in [0.15, 0.2) is 0 Å². The fourth-order valence-electron chi connectivity index (χ4n) is 5.15. The molecule has 12 nitrogen and oxygen atoms in total. The summed E-state index contributed by atoms with van der Waals surface area (Å²) in [7, 11) is -1.84. The van der Waals surface area contributed by atoms with Gasteiger partial charge < -0.3 is 19.5 Å². The number of likely N-dealkylation sites (N-methyl/N-ethyl adjacent to an activating group) is 1. The highest BCUT2D eigenvalue weighted by Gasteiger charge is 2.39. The average molecular weight is 595 g/mol. The number of nitrogens with zero attached hydrogens (tertiary/aromatic N) is 4. The number of oxazole rings is 1. The second kappa shape index (κ2) is 10.3. The number of hydrogen-bond donors (Lipinski definition) is 2. The van der Waals surface area contributed by atoms with Crippen molar-refractivity contribution in [3.05, 3.63) is 46.6 Å². The van der Waals surface area contributed by atoms with Crippen molar-refractivity contribution >= 4 is 55.0 Å². The van der Waals surface area contributed by atoms with Crippen molar-refractivity contribution in [1.82, 2.24) is 29.9 Å². The van der Waals surface area contributed by atoms with Crippen molar-refractivity contribution in [2.45, 2.75) is 42.2 Å². The summed E-state index contributed by atoms with van der Waals surface area (Å²) in [4.78, 5) is 38.0. The van der Waals surface area contributed by atoms with Gasteiger partial charge in [0.1, 0.15) is 16.1 Å². The van der Waals surface area contributed by atoms with Crippen LogP contribution in [0.25, 0.3) is 10.1 Å². The predicted octanol–water partition coefficient (Wildman–Crippen LogP) is 2.40. The van der Waals surface area contributed by atoms with E-state index in [0.717, 1.165) is 22.3 Å². The standard InChI is InChI=1S/C24H27ClN6O6S2/c1-29-7-6-17-18(13-29)36-22(26-17)23(32)31-9-8-30(12-16(31)4-5-20-27-24(33)37-28-20)39(34,35)21-10-14-2-3-15(25)11-19(14)38-21/h2-3,10-11,16,20,28H,4-9,12-13H2,1H3,(H,27,33). The normalized spacial score (nSPS) is 22.6. The molecule has 2 fully saturated rings. The Balaban J connectivity index is 1.24. The van der Waals surface area contributed by atoms with Crippen LogP contribution in [0.4, 0.5) is 4.79 Å². The first-order chi connectivity index (χ1) is 18.7. The summed E-state index contributed by atoms with van der Waals surface area (Å²) in [6.07, 6.45) is 0.497. The lowest BCUT2D eigenvalue weighted by Crippen LogP contribution is -2.56. The molecule has 0 radical (unpaired) electrons. The van der Waals surface area contributed by atoms with Gasteiger partial charge in [-0.25, -0.2) is 18.2 Å². The maximum Gasteiger partial charge on any atom is 0.427 e. The summed E-state index contributed by atoms with van der Waals surface area (Å²) in [6.45, 7) is 1.81. The Hall–Kier alpha value is -2.75. The number of benzene rings is 1. The van der Waals surface area contributed by atoms with Gasteiger partial charge >= 0.3 is 12.0 Å². The van der Waals surface area contributed by atoms with Crippen LogP contribution in [0.1, 0.15) is 35.0 Å². The van der Waals surface area contributed by atoms with E-state index in [1.165, 1.54) is 15.6 Å². The van der Waals surface area contributed by atoms with Crippen LogP contribution in [0.2, 0.25) is 5.02 Å². The van der Waals surface area contributed by atoms with Crippen molar-refractivity contribution in [2.75, 3.05) is 33.2 Å². The molecule has 2 saturated heterocycles. The number of fused-ring (bicyclic) bond motifs is 2. The van der Waals surface area contributed by atoms with Gasteiger partial charge in [0.2, 0.25) is 0 Å². The highest BCUT2D eigenvalue weighted by Crippen LogP contribution is 2.34. The highest BCUT2D eigenvalue weighted by atomic mass is 35.5.